The van der Waals surface area contributed by atoms with Crippen LogP contribution in [0, 0.1) is 0 Å². The average molecular weight is 291 g/mol. The number of hydrogen-bond acceptors (Lipinski definition) is 4. The lowest BCUT2D eigenvalue weighted by molar-refractivity contribution is -0.129. The number of nitrogens with one attached hydrogen (secondary N) is 1. The average Bonchev–Trinajstić information content (AvgIpc) is 3.02. The number of likely N-dealkylation sites (tertiary alicyclic amines) is 1. The number of carbonyl (C=O) groups excluding carboxylic acids is 2. The Hall–Kier alpha value is -2.11. The molecule has 6 nitrogen and oxygen atoms in total. The summed E-state index contributed by atoms with van der Waals surface area (Å²) in [6.07, 6.45) is 4.06. The third-order valence-electron chi connectivity index (χ3n) is 3.38. The molecule has 0 radical (unpaired) electrons. The SMILES string of the molecule is CCOc1ncccc1C(=O)NCCC(=O)N1CCCC1. The molecule has 1 saturated heterocycles. The second-order valence-electron chi connectivity index (χ2n) is 4.88. The summed E-state index contributed by atoms with van der Waals surface area (Å²) in [4.78, 5) is 29.8. The fraction of sp³-hybridized carbons (Fsp3) is 0.533. The quantitative estimate of drug-likeness (QED) is 0.855. The van der Waals surface area contributed by atoms with E-state index in [1.165, 1.54) is 0 Å². The smallest absolute Gasteiger partial charge is 0.256 e. The molecule has 0 unspecified atom stereocenters. The Kier molecular flexibility index (Phi) is 5.54. The first kappa shape index (κ1) is 15.3. The van der Waals surface area contributed by atoms with Crippen molar-refractivity contribution >= 4 is 11.8 Å². The molecule has 0 aromatic carbocycles. The minimum absolute atomic E-state index is 0.101. The zero-order chi connectivity index (χ0) is 15.1. The van der Waals surface area contributed by atoms with E-state index in [-0.39, 0.29) is 11.8 Å². The van der Waals surface area contributed by atoms with Crippen LogP contribution in [0.1, 0.15) is 36.5 Å². The third-order valence-corrected chi connectivity index (χ3v) is 3.38. The van der Waals surface area contributed by atoms with Gasteiger partial charge in [0.15, 0.2) is 0 Å². The van der Waals surface area contributed by atoms with E-state index >= 15 is 0 Å². The molecule has 0 atom stereocenters. The summed E-state index contributed by atoms with van der Waals surface area (Å²) in [6, 6.07) is 3.35. The Bertz CT molecular complexity index is 499. The largest absolute Gasteiger partial charge is 0.477 e. The van der Waals surface area contributed by atoms with Gasteiger partial charge in [0.25, 0.3) is 5.91 Å². The fourth-order valence-electron chi connectivity index (χ4n) is 2.32. The van der Waals surface area contributed by atoms with Gasteiger partial charge in [0.05, 0.1) is 6.61 Å². The van der Waals surface area contributed by atoms with Crippen LogP contribution in [-0.4, -0.2) is 47.9 Å². The molecule has 1 aromatic heterocycles. The zero-order valence-electron chi connectivity index (χ0n) is 12.3. The van der Waals surface area contributed by atoms with Crippen molar-refractivity contribution in [3.8, 4) is 5.88 Å². The molecule has 1 fully saturated rings. The summed E-state index contributed by atoms with van der Waals surface area (Å²) >= 11 is 0. The van der Waals surface area contributed by atoms with Crippen LogP contribution in [-0.2, 0) is 4.79 Å². The molecular weight excluding hydrogens is 270 g/mol. The fourth-order valence-corrected chi connectivity index (χ4v) is 2.32. The Morgan fingerprint density at radius 1 is 1.38 bits per heavy atom. The van der Waals surface area contributed by atoms with Crippen LogP contribution in [0.3, 0.4) is 0 Å². The summed E-state index contributed by atoms with van der Waals surface area (Å²) < 4.78 is 5.32. The number of amides is 2. The van der Waals surface area contributed by atoms with E-state index in [2.05, 4.69) is 10.3 Å². The second kappa shape index (κ2) is 7.61. The van der Waals surface area contributed by atoms with Gasteiger partial charge < -0.3 is 15.0 Å². The third kappa shape index (κ3) is 4.18. The lowest BCUT2D eigenvalue weighted by Crippen LogP contribution is -2.32. The van der Waals surface area contributed by atoms with Crippen molar-refractivity contribution in [2.45, 2.75) is 26.2 Å². The van der Waals surface area contributed by atoms with Crippen LogP contribution in [0.25, 0.3) is 0 Å². The Labute approximate surface area is 124 Å². The summed E-state index contributed by atoms with van der Waals surface area (Å²) in [7, 11) is 0. The first-order chi connectivity index (χ1) is 10.2. The van der Waals surface area contributed by atoms with E-state index in [0.29, 0.717) is 31.0 Å². The van der Waals surface area contributed by atoms with Crippen molar-refractivity contribution in [3.63, 3.8) is 0 Å². The summed E-state index contributed by atoms with van der Waals surface area (Å²) in [5, 5.41) is 2.75. The molecule has 0 aliphatic carbocycles. The van der Waals surface area contributed by atoms with Gasteiger partial charge in [-0.1, -0.05) is 0 Å². The highest BCUT2D eigenvalue weighted by molar-refractivity contribution is 5.96. The van der Waals surface area contributed by atoms with Gasteiger partial charge in [-0.25, -0.2) is 4.98 Å². The van der Waals surface area contributed by atoms with Crippen molar-refractivity contribution in [1.29, 1.82) is 0 Å². The van der Waals surface area contributed by atoms with Crippen LogP contribution in [0.5, 0.6) is 5.88 Å². The molecule has 0 bridgehead atoms. The maximum Gasteiger partial charge on any atom is 0.256 e. The van der Waals surface area contributed by atoms with Crippen LogP contribution < -0.4 is 10.1 Å². The normalized spacial score (nSPS) is 14.0. The maximum atomic E-state index is 12.1. The monoisotopic (exact) mass is 291 g/mol. The molecule has 2 heterocycles. The molecule has 0 spiro atoms. The summed E-state index contributed by atoms with van der Waals surface area (Å²) in [5.74, 6) is 0.160. The number of rotatable bonds is 6. The zero-order valence-corrected chi connectivity index (χ0v) is 12.3. The topological polar surface area (TPSA) is 71.5 Å². The highest BCUT2D eigenvalue weighted by atomic mass is 16.5. The van der Waals surface area contributed by atoms with Crippen molar-refractivity contribution < 1.29 is 14.3 Å². The number of nitrogens with zero attached hydrogens (tertiary/aromatic N) is 2. The standard InChI is InChI=1S/C15H21N3O3/c1-2-21-15-12(6-5-8-17-15)14(20)16-9-7-13(19)18-10-3-4-11-18/h5-6,8H,2-4,7,9-11H2,1H3,(H,16,20). The van der Waals surface area contributed by atoms with Crippen LogP contribution >= 0.6 is 0 Å². The van der Waals surface area contributed by atoms with Crippen LogP contribution in [0.15, 0.2) is 18.3 Å². The molecule has 1 aliphatic heterocycles. The Morgan fingerprint density at radius 3 is 2.86 bits per heavy atom. The molecule has 1 aliphatic rings. The van der Waals surface area contributed by atoms with E-state index < -0.39 is 0 Å². The first-order valence-electron chi connectivity index (χ1n) is 7.36. The van der Waals surface area contributed by atoms with E-state index in [1.807, 2.05) is 11.8 Å². The number of hydrogen-bond donors (Lipinski definition) is 1. The first-order valence-corrected chi connectivity index (χ1v) is 7.36. The number of ether oxygens (including phenoxy) is 1. The van der Waals surface area contributed by atoms with Crippen LogP contribution in [0.2, 0.25) is 0 Å². The van der Waals surface area contributed by atoms with Gasteiger partial charge in [-0.15, -0.1) is 0 Å². The highest BCUT2D eigenvalue weighted by Crippen LogP contribution is 2.14. The molecular formula is C15H21N3O3. The molecule has 21 heavy (non-hydrogen) atoms. The predicted octanol–water partition coefficient (Wildman–Crippen LogP) is 1.22. The van der Waals surface area contributed by atoms with Crippen molar-refractivity contribution in [2.75, 3.05) is 26.2 Å². The molecule has 1 aromatic rings. The van der Waals surface area contributed by atoms with Gasteiger partial charge in [-0.2, -0.15) is 0 Å². The summed E-state index contributed by atoms with van der Waals surface area (Å²) in [5.41, 5.74) is 0.396. The molecule has 2 rings (SSSR count). The highest BCUT2D eigenvalue weighted by Gasteiger charge is 2.18. The lowest BCUT2D eigenvalue weighted by Gasteiger charge is -2.15. The van der Waals surface area contributed by atoms with Gasteiger partial charge in [0.2, 0.25) is 11.8 Å². The van der Waals surface area contributed by atoms with Gasteiger partial charge in [-0.05, 0) is 31.9 Å². The summed E-state index contributed by atoms with van der Waals surface area (Å²) in [6.45, 7) is 4.29. The Balaban J connectivity index is 1.83. The molecule has 2 amide bonds. The number of pyridine rings is 1. The van der Waals surface area contributed by atoms with Gasteiger partial charge in [0, 0.05) is 32.3 Å². The second-order valence-corrected chi connectivity index (χ2v) is 4.88. The molecule has 1 N–H and O–H groups in total. The molecule has 114 valence electrons. The lowest BCUT2D eigenvalue weighted by atomic mass is 10.2. The molecule has 0 saturated carbocycles. The minimum Gasteiger partial charge on any atom is -0.477 e. The Morgan fingerprint density at radius 2 is 2.14 bits per heavy atom. The maximum absolute atomic E-state index is 12.1. The predicted molar refractivity (Wildman–Crippen MR) is 78.2 cm³/mol. The van der Waals surface area contributed by atoms with E-state index in [1.54, 1.807) is 18.3 Å². The van der Waals surface area contributed by atoms with Crippen molar-refractivity contribution in [1.82, 2.24) is 15.2 Å². The van der Waals surface area contributed by atoms with Gasteiger partial charge >= 0.3 is 0 Å². The van der Waals surface area contributed by atoms with E-state index in [9.17, 15) is 9.59 Å². The van der Waals surface area contributed by atoms with Crippen molar-refractivity contribution in [2.24, 2.45) is 0 Å². The van der Waals surface area contributed by atoms with Crippen LogP contribution in [0.4, 0.5) is 0 Å². The van der Waals surface area contributed by atoms with Gasteiger partial charge in [0.1, 0.15) is 5.56 Å². The number of aromatic nitrogens is 1. The molecule has 6 heteroatoms. The van der Waals surface area contributed by atoms with Gasteiger partial charge in [-0.3, -0.25) is 9.59 Å². The minimum atomic E-state index is -0.263. The van der Waals surface area contributed by atoms with E-state index in [4.69, 9.17) is 4.74 Å². The van der Waals surface area contributed by atoms with Crippen molar-refractivity contribution in [3.05, 3.63) is 23.9 Å². The van der Waals surface area contributed by atoms with E-state index in [0.717, 1.165) is 25.9 Å². The number of carbonyl (C=O) groups is 2.